The molecule has 1 aliphatic heterocycles. The van der Waals surface area contributed by atoms with E-state index in [1.807, 2.05) is 0 Å². The van der Waals surface area contributed by atoms with Crippen molar-refractivity contribution < 1.29 is 9.72 Å². The number of rotatable bonds is 3. The minimum absolute atomic E-state index is 0. The molecule has 2 rings (SSSR count). The summed E-state index contributed by atoms with van der Waals surface area (Å²) in [5.41, 5.74) is -0.119. The molecule has 19 heavy (non-hydrogen) atoms. The van der Waals surface area contributed by atoms with E-state index < -0.39 is 10.8 Å². The number of aromatic amines is 1. The quantitative estimate of drug-likeness (QED) is 0.555. The first-order valence-electron chi connectivity index (χ1n) is 5.80. The summed E-state index contributed by atoms with van der Waals surface area (Å²) in [5.74, 6) is -0.500. The Morgan fingerprint density at radius 2 is 2.32 bits per heavy atom. The Morgan fingerprint density at radius 3 is 2.89 bits per heavy atom. The molecule has 1 fully saturated rings. The van der Waals surface area contributed by atoms with Crippen molar-refractivity contribution in [3.05, 3.63) is 21.5 Å². The van der Waals surface area contributed by atoms with Crippen LogP contribution in [0.15, 0.2) is 0 Å². The molecule has 8 nitrogen and oxygen atoms in total. The molecule has 0 aromatic carbocycles. The predicted molar refractivity (Wildman–Crippen MR) is 70.6 cm³/mol. The first kappa shape index (κ1) is 15.4. The van der Waals surface area contributed by atoms with Crippen LogP contribution in [0.25, 0.3) is 0 Å². The SMILES string of the molecule is Cc1[nH]nc(C(=O)N[C@H]2CCCNC2)c1[N+](=O)[O-].Cl. The van der Waals surface area contributed by atoms with Crippen LogP contribution in [0.3, 0.4) is 0 Å². The number of nitrogens with zero attached hydrogens (tertiary/aromatic N) is 2. The molecule has 3 N–H and O–H groups in total. The first-order valence-corrected chi connectivity index (χ1v) is 5.80. The number of nitro groups is 1. The van der Waals surface area contributed by atoms with Crippen molar-refractivity contribution in [3.63, 3.8) is 0 Å². The Labute approximate surface area is 115 Å². The van der Waals surface area contributed by atoms with Crippen LogP contribution in [0.5, 0.6) is 0 Å². The van der Waals surface area contributed by atoms with Gasteiger partial charge in [-0.05, 0) is 26.3 Å². The number of amides is 1. The number of hydrogen-bond acceptors (Lipinski definition) is 5. The third kappa shape index (κ3) is 3.42. The fourth-order valence-electron chi connectivity index (χ4n) is 2.03. The van der Waals surface area contributed by atoms with Crippen LogP contribution in [0, 0.1) is 17.0 Å². The maximum Gasteiger partial charge on any atom is 0.322 e. The molecule has 0 unspecified atom stereocenters. The number of carbonyl (C=O) groups excluding carboxylic acids is 1. The summed E-state index contributed by atoms with van der Waals surface area (Å²) in [6.07, 6.45) is 1.85. The highest BCUT2D eigenvalue weighted by molar-refractivity contribution is 5.96. The topological polar surface area (TPSA) is 113 Å². The van der Waals surface area contributed by atoms with E-state index in [9.17, 15) is 14.9 Å². The summed E-state index contributed by atoms with van der Waals surface area (Å²) in [5, 5.41) is 22.9. The molecule has 0 spiro atoms. The Hall–Kier alpha value is -1.67. The van der Waals surface area contributed by atoms with Gasteiger partial charge in [-0.1, -0.05) is 0 Å². The molecular weight excluding hydrogens is 274 g/mol. The third-order valence-corrected chi connectivity index (χ3v) is 2.94. The van der Waals surface area contributed by atoms with Gasteiger partial charge in [0.2, 0.25) is 5.69 Å². The molecule has 2 heterocycles. The molecule has 1 atom stereocenters. The minimum atomic E-state index is -0.590. The summed E-state index contributed by atoms with van der Waals surface area (Å²) in [7, 11) is 0. The van der Waals surface area contributed by atoms with Crippen LogP contribution in [0.1, 0.15) is 29.0 Å². The van der Waals surface area contributed by atoms with Crippen molar-refractivity contribution in [2.45, 2.75) is 25.8 Å². The smallest absolute Gasteiger partial charge is 0.322 e. The first-order chi connectivity index (χ1) is 8.59. The summed E-state index contributed by atoms with van der Waals surface area (Å²) in [4.78, 5) is 22.2. The molecule has 0 radical (unpaired) electrons. The molecule has 9 heteroatoms. The van der Waals surface area contributed by atoms with Gasteiger partial charge in [0.05, 0.1) is 4.92 Å². The Balaban J connectivity index is 0.00000180. The third-order valence-electron chi connectivity index (χ3n) is 2.94. The van der Waals surface area contributed by atoms with E-state index in [1.54, 1.807) is 0 Å². The van der Waals surface area contributed by atoms with Gasteiger partial charge >= 0.3 is 5.69 Å². The number of halogens is 1. The number of hydrogen-bond donors (Lipinski definition) is 3. The molecule has 1 aromatic heterocycles. The average molecular weight is 290 g/mol. The molecule has 1 saturated heterocycles. The summed E-state index contributed by atoms with van der Waals surface area (Å²) >= 11 is 0. The second-order valence-electron chi connectivity index (χ2n) is 4.32. The maximum atomic E-state index is 11.9. The molecule has 106 valence electrons. The summed E-state index contributed by atoms with van der Waals surface area (Å²) < 4.78 is 0. The lowest BCUT2D eigenvalue weighted by Crippen LogP contribution is -2.45. The Bertz CT molecular complexity index is 470. The lowest BCUT2D eigenvalue weighted by Gasteiger charge is -2.23. The van der Waals surface area contributed by atoms with Gasteiger partial charge < -0.3 is 10.6 Å². The van der Waals surface area contributed by atoms with Crippen LogP contribution in [-0.2, 0) is 0 Å². The van der Waals surface area contributed by atoms with E-state index in [4.69, 9.17) is 0 Å². The van der Waals surface area contributed by atoms with Crippen LogP contribution in [0.2, 0.25) is 0 Å². The number of piperidine rings is 1. The van der Waals surface area contributed by atoms with Gasteiger partial charge in [-0.2, -0.15) is 5.10 Å². The monoisotopic (exact) mass is 289 g/mol. The number of nitrogens with one attached hydrogen (secondary N) is 3. The van der Waals surface area contributed by atoms with Crippen molar-refractivity contribution in [2.24, 2.45) is 0 Å². The van der Waals surface area contributed by atoms with Gasteiger partial charge in [0.1, 0.15) is 5.69 Å². The lowest BCUT2D eigenvalue weighted by molar-refractivity contribution is -0.385. The maximum absolute atomic E-state index is 11.9. The predicted octanol–water partition coefficient (Wildman–Crippen LogP) is 0.530. The zero-order valence-electron chi connectivity index (χ0n) is 10.4. The Kier molecular flexibility index (Phi) is 5.25. The average Bonchev–Trinajstić information content (AvgIpc) is 2.72. The highest BCUT2D eigenvalue weighted by Gasteiger charge is 2.28. The summed E-state index contributed by atoms with van der Waals surface area (Å²) in [6, 6.07) is 0.00265. The summed E-state index contributed by atoms with van der Waals surface area (Å²) in [6.45, 7) is 3.14. The number of aryl methyl sites for hydroxylation is 1. The van der Waals surface area contributed by atoms with Gasteiger partial charge in [0, 0.05) is 12.6 Å². The fraction of sp³-hybridized carbons (Fsp3) is 0.600. The van der Waals surface area contributed by atoms with Crippen molar-refractivity contribution >= 4 is 24.0 Å². The van der Waals surface area contributed by atoms with Crippen molar-refractivity contribution in [1.82, 2.24) is 20.8 Å². The molecule has 0 bridgehead atoms. The standard InChI is InChI=1S/C10H15N5O3.ClH/c1-6-9(15(17)18)8(14-13-6)10(16)12-7-3-2-4-11-5-7;/h7,11H,2-5H2,1H3,(H,12,16)(H,13,14);1H/t7-;/m0./s1. The lowest BCUT2D eigenvalue weighted by atomic mass is 10.1. The molecule has 1 amide bonds. The van der Waals surface area contributed by atoms with Crippen LogP contribution < -0.4 is 10.6 Å². The van der Waals surface area contributed by atoms with Crippen molar-refractivity contribution in [2.75, 3.05) is 13.1 Å². The van der Waals surface area contributed by atoms with E-state index in [2.05, 4.69) is 20.8 Å². The van der Waals surface area contributed by atoms with Gasteiger partial charge in [-0.25, -0.2) is 0 Å². The molecule has 1 aromatic rings. The zero-order valence-corrected chi connectivity index (χ0v) is 11.2. The van der Waals surface area contributed by atoms with Gasteiger partial charge in [0.15, 0.2) is 0 Å². The van der Waals surface area contributed by atoms with Gasteiger partial charge in [-0.15, -0.1) is 12.4 Å². The highest BCUT2D eigenvalue weighted by atomic mass is 35.5. The molecule has 0 saturated carbocycles. The van der Waals surface area contributed by atoms with E-state index in [0.717, 1.165) is 19.4 Å². The fourth-order valence-corrected chi connectivity index (χ4v) is 2.03. The van der Waals surface area contributed by atoms with Crippen molar-refractivity contribution in [1.29, 1.82) is 0 Å². The van der Waals surface area contributed by atoms with E-state index in [-0.39, 0.29) is 35.5 Å². The number of H-pyrrole nitrogens is 1. The number of aromatic nitrogens is 2. The minimum Gasteiger partial charge on any atom is -0.346 e. The van der Waals surface area contributed by atoms with Crippen LogP contribution in [0.4, 0.5) is 5.69 Å². The number of carbonyl (C=O) groups is 1. The van der Waals surface area contributed by atoms with E-state index in [1.165, 1.54) is 6.92 Å². The second-order valence-corrected chi connectivity index (χ2v) is 4.32. The van der Waals surface area contributed by atoms with Gasteiger partial charge in [-0.3, -0.25) is 20.0 Å². The van der Waals surface area contributed by atoms with E-state index in [0.29, 0.717) is 6.54 Å². The van der Waals surface area contributed by atoms with E-state index >= 15 is 0 Å². The van der Waals surface area contributed by atoms with Gasteiger partial charge in [0.25, 0.3) is 5.91 Å². The second kappa shape index (κ2) is 6.48. The highest BCUT2D eigenvalue weighted by Crippen LogP contribution is 2.20. The normalized spacial score (nSPS) is 18.5. The van der Waals surface area contributed by atoms with Crippen LogP contribution >= 0.6 is 12.4 Å². The molecule has 1 aliphatic rings. The molecular formula is C10H16ClN5O3. The van der Waals surface area contributed by atoms with Crippen molar-refractivity contribution in [3.8, 4) is 0 Å². The largest absolute Gasteiger partial charge is 0.346 e. The molecule has 0 aliphatic carbocycles. The Morgan fingerprint density at radius 1 is 1.58 bits per heavy atom. The zero-order chi connectivity index (χ0) is 13.1. The van der Waals surface area contributed by atoms with Crippen LogP contribution in [-0.4, -0.2) is 40.2 Å².